The van der Waals surface area contributed by atoms with Gasteiger partial charge < -0.3 is 10.6 Å². The molecule has 0 saturated heterocycles. The van der Waals surface area contributed by atoms with Crippen molar-refractivity contribution < 1.29 is 9.59 Å². The second-order valence-electron chi connectivity index (χ2n) is 8.56. The number of carbonyl (C=O) groups is 2. The molecule has 6 heteroatoms. The Morgan fingerprint density at radius 3 is 2.52 bits per heavy atom. The molecule has 2 aromatic heterocycles. The van der Waals surface area contributed by atoms with Crippen LogP contribution >= 0.6 is 0 Å². The van der Waals surface area contributed by atoms with Crippen molar-refractivity contribution in [1.82, 2.24) is 9.97 Å². The van der Waals surface area contributed by atoms with Crippen LogP contribution in [0.2, 0.25) is 0 Å². The zero-order valence-electron chi connectivity index (χ0n) is 18.6. The van der Waals surface area contributed by atoms with E-state index in [1.54, 1.807) is 24.5 Å². The highest BCUT2D eigenvalue weighted by molar-refractivity contribution is 6.04. The van der Waals surface area contributed by atoms with Gasteiger partial charge >= 0.3 is 0 Å². The molecule has 4 aromatic rings. The third-order valence-electron chi connectivity index (χ3n) is 5.89. The number of aromatic nitrogens is 2. The van der Waals surface area contributed by atoms with Gasteiger partial charge in [0.25, 0.3) is 5.91 Å². The molecule has 6 nitrogen and oxygen atoms in total. The molecular weight excluding hydrogens is 412 g/mol. The first kappa shape index (κ1) is 20.8. The maximum absolute atomic E-state index is 12.7. The summed E-state index contributed by atoms with van der Waals surface area (Å²) in [7, 11) is 0. The van der Waals surface area contributed by atoms with Crippen LogP contribution in [0.5, 0.6) is 0 Å². The van der Waals surface area contributed by atoms with Crippen molar-refractivity contribution in [2.45, 2.75) is 26.7 Å². The van der Waals surface area contributed by atoms with Crippen molar-refractivity contribution >= 4 is 34.1 Å². The SMILES string of the molecule is Cc1cc(C(=O)Nc2ccc(C)c(-c3ccc4cc(NC(=O)C5CC5)ncc4c3)c2)ccn1. The fourth-order valence-corrected chi connectivity index (χ4v) is 3.85. The predicted octanol–water partition coefficient (Wildman–Crippen LogP) is 5.51. The number of fused-ring (bicyclic) bond motifs is 1. The lowest BCUT2D eigenvalue weighted by Crippen LogP contribution is -2.14. The van der Waals surface area contributed by atoms with Crippen LogP contribution in [0.4, 0.5) is 11.5 Å². The topological polar surface area (TPSA) is 84.0 Å². The summed E-state index contributed by atoms with van der Waals surface area (Å²) in [6.45, 7) is 3.91. The van der Waals surface area contributed by atoms with Crippen molar-refractivity contribution in [1.29, 1.82) is 0 Å². The molecule has 0 bridgehead atoms. The Hall–Kier alpha value is -4.06. The number of amides is 2. The number of aryl methyl sites for hydroxylation is 2. The van der Waals surface area contributed by atoms with Crippen LogP contribution < -0.4 is 10.6 Å². The highest BCUT2D eigenvalue weighted by Gasteiger charge is 2.29. The van der Waals surface area contributed by atoms with Gasteiger partial charge in [-0.25, -0.2) is 4.98 Å². The Labute approximate surface area is 192 Å². The molecule has 2 amide bonds. The normalized spacial score (nSPS) is 13.0. The average Bonchev–Trinajstić information content (AvgIpc) is 3.66. The molecule has 0 unspecified atom stereocenters. The number of carbonyl (C=O) groups excluding carboxylic acids is 2. The molecular formula is C27H24N4O2. The minimum atomic E-state index is -0.168. The van der Waals surface area contributed by atoms with Crippen molar-refractivity contribution in [2.24, 2.45) is 5.92 Å². The first-order valence-corrected chi connectivity index (χ1v) is 11.0. The second-order valence-corrected chi connectivity index (χ2v) is 8.56. The van der Waals surface area contributed by atoms with Gasteiger partial charge in [-0.05, 0) is 85.2 Å². The van der Waals surface area contributed by atoms with Gasteiger partial charge in [-0.1, -0.05) is 18.2 Å². The van der Waals surface area contributed by atoms with Gasteiger partial charge in [0.05, 0.1) is 0 Å². The largest absolute Gasteiger partial charge is 0.322 e. The highest BCUT2D eigenvalue weighted by atomic mass is 16.2. The van der Waals surface area contributed by atoms with Gasteiger partial charge in [-0.15, -0.1) is 0 Å². The molecule has 1 fully saturated rings. The molecule has 1 aliphatic carbocycles. The van der Waals surface area contributed by atoms with E-state index in [4.69, 9.17) is 0 Å². The zero-order valence-corrected chi connectivity index (χ0v) is 18.6. The molecule has 0 aliphatic heterocycles. The maximum atomic E-state index is 12.7. The average molecular weight is 437 g/mol. The van der Waals surface area contributed by atoms with Gasteiger partial charge in [-0.2, -0.15) is 0 Å². The third-order valence-corrected chi connectivity index (χ3v) is 5.89. The molecule has 2 N–H and O–H groups in total. The van der Waals surface area contributed by atoms with Crippen molar-refractivity contribution in [3.63, 3.8) is 0 Å². The monoisotopic (exact) mass is 436 g/mol. The van der Waals surface area contributed by atoms with Crippen LogP contribution in [0.25, 0.3) is 21.9 Å². The quantitative estimate of drug-likeness (QED) is 0.432. The van der Waals surface area contributed by atoms with Crippen molar-refractivity contribution in [3.8, 4) is 11.1 Å². The number of hydrogen-bond acceptors (Lipinski definition) is 4. The standard InChI is InChI=1S/C27H24N4O2/c1-16-3-8-23(30-27(33)21-9-10-28-17(2)11-21)14-24(16)20-7-6-19-13-25(29-15-22(19)12-20)31-26(32)18-4-5-18/h3,6-15,18H,4-5H2,1-2H3,(H,30,33)(H,29,31,32). The first-order chi connectivity index (χ1) is 16.0. The zero-order chi connectivity index (χ0) is 22.9. The van der Waals surface area contributed by atoms with Gasteiger partial charge in [0, 0.05) is 40.6 Å². The maximum Gasteiger partial charge on any atom is 0.255 e. The summed E-state index contributed by atoms with van der Waals surface area (Å²) in [5, 5.41) is 7.87. The van der Waals surface area contributed by atoms with Crippen LogP contribution in [0.1, 0.15) is 34.5 Å². The summed E-state index contributed by atoms with van der Waals surface area (Å²) in [6, 6.07) is 17.4. The first-order valence-electron chi connectivity index (χ1n) is 11.0. The molecule has 2 heterocycles. The van der Waals surface area contributed by atoms with Gasteiger partial charge in [0.2, 0.25) is 5.91 Å². The number of benzene rings is 2. The Kier molecular flexibility index (Phi) is 5.34. The minimum absolute atomic E-state index is 0.0508. The van der Waals surface area contributed by atoms with E-state index in [0.717, 1.165) is 51.7 Å². The van der Waals surface area contributed by atoms with Crippen LogP contribution in [0.3, 0.4) is 0 Å². The number of nitrogens with zero attached hydrogens (tertiary/aromatic N) is 2. The van der Waals surface area contributed by atoms with Crippen LogP contribution in [-0.2, 0) is 4.79 Å². The van der Waals surface area contributed by atoms with Gasteiger partial charge in [0.1, 0.15) is 5.82 Å². The predicted molar refractivity (Wildman–Crippen MR) is 130 cm³/mol. The molecule has 5 rings (SSSR count). The molecule has 2 aromatic carbocycles. The molecule has 0 radical (unpaired) electrons. The van der Waals surface area contributed by atoms with Crippen LogP contribution in [0, 0.1) is 19.8 Å². The minimum Gasteiger partial charge on any atom is -0.322 e. The molecule has 0 atom stereocenters. The molecule has 164 valence electrons. The highest BCUT2D eigenvalue weighted by Crippen LogP contribution is 2.32. The van der Waals surface area contributed by atoms with Crippen molar-refractivity contribution in [3.05, 3.63) is 83.8 Å². The number of pyridine rings is 2. The number of rotatable bonds is 5. The van der Waals surface area contributed by atoms with E-state index < -0.39 is 0 Å². The lowest BCUT2D eigenvalue weighted by atomic mass is 9.97. The summed E-state index contributed by atoms with van der Waals surface area (Å²) in [4.78, 5) is 33.2. The van der Waals surface area contributed by atoms with Crippen LogP contribution in [0.15, 0.2) is 67.0 Å². The number of anilines is 2. The Bertz CT molecular complexity index is 1390. The van der Waals surface area contributed by atoms with E-state index in [-0.39, 0.29) is 17.7 Å². The smallest absolute Gasteiger partial charge is 0.255 e. The third kappa shape index (κ3) is 4.60. The molecule has 1 aliphatic rings. The summed E-state index contributed by atoms with van der Waals surface area (Å²) in [5.41, 5.74) is 5.28. The molecule has 33 heavy (non-hydrogen) atoms. The number of nitrogens with one attached hydrogen (secondary N) is 2. The second kappa shape index (κ2) is 8.47. The van der Waals surface area contributed by atoms with Crippen LogP contribution in [-0.4, -0.2) is 21.8 Å². The van der Waals surface area contributed by atoms with Gasteiger partial charge in [0.15, 0.2) is 0 Å². The molecule has 0 spiro atoms. The van der Waals surface area contributed by atoms with E-state index in [1.807, 2.05) is 44.2 Å². The van der Waals surface area contributed by atoms with E-state index in [1.165, 1.54) is 0 Å². The van der Waals surface area contributed by atoms with Gasteiger partial charge in [-0.3, -0.25) is 14.6 Å². The van der Waals surface area contributed by atoms with E-state index >= 15 is 0 Å². The Morgan fingerprint density at radius 1 is 0.879 bits per heavy atom. The van der Waals surface area contributed by atoms with E-state index in [0.29, 0.717) is 11.4 Å². The lowest BCUT2D eigenvalue weighted by Gasteiger charge is -2.12. The summed E-state index contributed by atoms with van der Waals surface area (Å²) >= 11 is 0. The summed E-state index contributed by atoms with van der Waals surface area (Å²) in [5.74, 6) is 0.608. The fourth-order valence-electron chi connectivity index (χ4n) is 3.85. The van der Waals surface area contributed by atoms with E-state index in [2.05, 4.69) is 32.7 Å². The lowest BCUT2D eigenvalue weighted by molar-refractivity contribution is -0.117. The Morgan fingerprint density at radius 2 is 1.73 bits per heavy atom. The van der Waals surface area contributed by atoms with Crippen molar-refractivity contribution in [2.75, 3.05) is 10.6 Å². The number of hydrogen-bond donors (Lipinski definition) is 2. The molecule has 1 saturated carbocycles. The summed E-state index contributed by atoms with van der Waals surface area (Å²) < 4.78 is 0. The fraction of sp³-hybridized carbons (Fsp3) is 0.185. The summed E-state index contributed by atoms with van der Waals surface area (Å²) in [6.07, 6.45) is 5.35. The Balaban J connectivity index is 1.40. The van der Waals surface area contributed by atoms with E-state index in [9.17, 15) is 9.59 Å².